The Bertz CT molecular complexity index is 498. The Morgan fingerprint density at radius 3 is 2.88 bits per heavy atom. The van der Waals surface area contributed by atoms with Gasteiger partial charge in [-0.25, -0.2) is 0 Å². The number of hydrogen-bond donors (Lipinski definition) is 1. The normalized spacial score (nSPS) is 10.2. The molecule has 2 aromatic heterocycles. The molecule has 2 rings (SSSR count). The van der Waals surface area contributed by atoms with Crippen molar-refractivity contribution in [2.75, 3.05) is 0 Å². The topological polar surface area (TPSA) is 42.0 Å². The second-order valence-electron chi connectivity index (χ2n) is 3.48. The number of carbonyl (C=O) groups excluding carboxylic acids is 1. The van der Waals surface area contributed by atoms with E-state index in [1.54, 1.807) is 17.5 Å². The average Bonchev–Trinajstić information content (AvgIpc) is 2.74. The van der Waals surface area contributed by atoms with E-state index in [9.17, 15) is 4.79 Å². The van der Waals surface area contributed by atoms with E-state index in [2.05, 4.69) is 26.2 Å². The minimum absolute atomic E-state index is 0.00628. The van der Waals surface area contributed by atoms with Gasteiger partial charge < -0.3 is 5.32 Å². The van der Waals surface area contributed by atoms with Crippen LogP contribution in [0.3, 0.4) is 0 Å². The van der Waals surface area contributed by atoms with Crippen LogP contribution in [0.1, 0.15) is 10.6 Å². The van der Waals surface area contributed by atoms with Crippen molar-refractivity contribution in [2.45, 2.75) is 13.0 Å². The molecule has 17 heavy (non-hydrogen) atoms. The van der Waals surface area contributed by atoms with Crippen molar-refractivity contribution < 1.29 is 4.79 Å². The van der Waals surface area contributed by atoms with Crippen molar-refractivity contribution in [1.29, 1.82) is 0 Å². The molecule has 2 aromatic rings. The summed E-state index contributed by atoms with van der Waals surface area (Å²) in [5.41, 5.74) is 0.789. The Morgan fingerprint density at radius 2 is 2.24 bits per heavy atom. The smallest absolute Gasteiger partial charge is 0.226 e. The fourth-order valence-corrected chi connectivity index (χ4v) is 2.79. The molecule has 1 amide bonds. The van der Waals surface area contributed by atoms with Crippen molar-refractivity contribution in [2.24, 2.45) is 0 Å². The van der Waals surface area contributed by atoms with Crippen LogP contribution >= 0.6 is 27.3 Å². The number of hydrogen-bond acceptors (Lipinski definition) is 3. The standard InChI is InChI=1S/C12H11BrN2OS/c13-11-5-4-10(17-11)8-15-12(16)7-9-3-1-2-6-14-9/h1-6H,7-8H2,(H,15,16). The van der Waals surface area contributed by atoms with Crippen LogP contribution in [0.5, 0.6) is 0 Å². The Morgan fingerprint density at radius 1 is 1.35 bits per heavy atom. The lowest BCUT2D eigenvalue weighted by Crippen LogP contribution is -2.24. The van der Waals surface area contributed by atoms with Gasteiger partial charge in [-0.2, -0.15) is 0 Å². The van der Waals surface area contributed by atoms with Crippen LogP contribution in [0.25, 0.3) is 0 Å². The highest BCUT2D eigenvalue weighted by molar-refractivity contribution is 9.11. The Hall–Kier alpha value is -1.20. The summed E-state index contributed by atoms with van der Waals surface area (Å²) in [5, 5.41) is 2.87. The molecular formula is C12H11BrN2OS. The minimum atomic E-state index is -0.00628. The number of amides is 1. The van der Waals surface area contributed by atoms with E-state index >= 15 is 0 Å². The highest BCUT2D eigenvalue weighted by Gasteiger charge is 2.04. The van der Waals surface area contributed by atoms with E-state index in [4.69, 9.17) is 0 Å². The van der Waals surface area contributed by atoms with Gasteiger partial charge in [-0.1, -0.05) is 6.07 Å². The molecule has 0 saturated heterocycles. The molecule has 0 saturated carbocycles. The zero-order valence-electron chi connectivity index (χ0n) is 9.02. The lowest BCUT2D eigenvalue weighted by molar-refractivity contribution is -0.120. The molecule has 0 spiro atoms. The summed E-state index contributed by atoms with van der Waals surface area (Å²) in [5.74, 6) is -0.00628. The maximum Gasteiger partial charge on any atom is 0.226 e. The van der Waals surface area contributed by atoms with Crippen molar-refractivity contribution in [1.82, 2.24) is 10.3 Å². The molecule has 3 nitrogen and oxygen atoms in total. The molecule has 0 aromatic carbocycles. The molecule has 0 atom stereocenters. The van der Waals surface area contributed by atoms with Crippen molar-refractivity contribution in [3.8, 4) is 0 Å². The number of halogens is 1. The summed E-state index contributed by atoms with van der Waals surface area (Å²) in [6.07, 6.45) is 2.02. The van der Waals surface area contributed by atoms with Crippen molar-refractivity contribution >= 4 is 33.2 Å². The van der Waals surface area contributed by atoms with Crippen LogP contribution in [0.4, 0.5) is 0 Å². The average molecular weight is 311 g/mol. The van der Waals surface area contributed by atoms with Gasteiger partial charge in [-0.05, 0) is 40.2 Å². The first-order valence-corrected chi connectivity index (χ1v) is 6.76. The summed E-state index contributed by atoms with van der Waals surface area (Å²) < 4.78 is 1.08. The van der Waals surface area contributed by atoms with Crippen LogP contribution < -0.4 is 5.32 Å². The molecule has 0 bridgehead atoms. The Balaban J connectivity index is 1.82. The third-order valence-corrected chi connectivity index (χ3v) is 3.78. The van der Waals surface area contributed by atoms with Crippen LogP contribution in [0, 0.1) is 0 Å². The fourth-order valence-electron chi connectivity index (χ4n) is 1.36. The molecule has 0 aliphatic carbocycles. The molecule has 0 aliphatic rings. The van der Waals surface area contributed by atoms with Gasteiger partial charge in [0, 0.05) is 16.8 Å². The molecule has 88 valence electrons. The minimum Gasteiger partial charge on any atom is -0.351 e. The Labute approximate surface area is 112 Å². The van der Waals surface area contributed by atoms with E-state index in [0.29, 0.717) is 13.0 Å². The largest absolute Gasteiger partial charge is 0.351 e. The number of aromatic nitrogens is 1. The number of rotatable bonds is 4. The van der Waals surface area contributed by atoms with Gasteiger partial charge in [0.25, 0.3) is 0 Å². The molecular weight excluding hydrogens is 300 g/mol. The van der Waals surface area contributed by atoms with E-state index in [1.165, 1.54) is 0 Å². The zero-order chi connectivity index (χ0) is 12.1. The third-order valence-electron chi connectivity index (χ3n) is 2.16. The van der Waals surface area contributed by atoms with Crippen LogP contribution in [-0.2, 0) is 17.8 Å². The number of carbonyl (C=O) groups is 1. The Kier molecular flexibility index (Phi) is 4.28. The monoisotopic (exact) mass is 310 g/mol. The van der Waals surface area contributed by atoms with Gasteiger partial charge in [-0.3, -0.25) is 9.78 Å². The van der Waals surface area contributed by atoms with Crippen LogP contribution in [0.15, 0.2) is 40.3 Å². The van der Waals surface area contributed by atoms with Crippen molar-refractivity contribution in [3.63, 3.8) is 0 Å². The molecule has 0 aliphatic heterocycles. The van der Waals surface area contributed by atoms with Gasteiger partial charge in [0.15, 0.2) is 0 Å². The highest BCUT2D eigenvalue weighted by atomic mass is 79.9. The van der Waals surface area contributed by atoms with Gasteiger partial charge >= 0.3 is 0 Å². The first kappa shape index (κ1) is 12.3. The van der Waals surface area contributed by atoms with Gasteiger partial charge in [0.1, 0.15) is 0 Å². The molecule has 5 heteroatoms. The predicted octanol–water partition coefficient (Wildman–Crippen LogP) is 2.76. The summed E-state index contributed by atoms with van der Waals surface area (Å²) in [6, 6.07) is 9.54. The molecule has 0 fully saturated rings. The predicted molar refractivity (Wildman–Crippen MR) is 71.8 cm³/mol. The number of nitrogens with one attached hydrogen (secondary N) is 1. The van der Waals surface area contributed by atoms with Crippen LogP contribution in [0.2, 0.25) is 0 Å². The first-order valence-electron chi connectivity index (χ1n) is 5.15. The van der Waals surface area contributed by atoms with E-state index in [0.717, 1.165) is 14.4 Å². The molecule has 0 radical (unpaired) electrons. The lowest BCUT2D eigenvalue weighted by Gasteiger charge is -2.02. The summed E-state index contributed by atoms with van der Waals surface area (Å²) in [7, 11) is 0. The van der Waals surface area contributed by atoms with Crippen molar-refractivity contribution in [3.05, 3.63) is 50.9 Å². The fraction of sp³-hybridized carbons (Fsp3) is 0.167. The quantitative estimate of drug-likeness (QED) is 0.943. The third kappa shape index (κ3) is 3.94. The number of nitrogens with zero attached hydrogens (tertiary/aromatic N) is 1. The first-order chi connectivity index (χ1) is 8.24. The van der Waals surface area contributed by atoms with Gasteiger partial charge in [0.05, 0.1) is 16.8 Å². The van der Waals surface area contributed by atoms with Crippen LogP contribution in [-0.4, -0.2) is 10.9 Å². The summed E-state index contributed by atoms with van der Waals surface area (Å²) in [6.45, 7) is 0.571. The maximum absolute atomic E-state index is 11.6. The van der Waals surface area contributed by atoms with Gasteiger partial charge in [-0.15, -0.1) is 11.3 Å². The summed E-state index contributed by atoms with van der Waals surface area (Å²) >= 11 is 5.01. The SMILES string of the molecule is O=C(Cc1ccccn1)NCc1ccc(Br)s1. The zero-order valence-corrected chi connectivity index (χ0v) is 11.4. The molecule has 0 unspecified atom stereocenters. The number of pyridine rings is 1. The number of thiophene rings is 1. The lowest BCUT2D eigenvalue weighted by atomic mass is 10.2. The maximum atomic E-state index is 11.6. The second kappa shape index (κ2) is 5.93. The molecule has 1 N–H and O–H groups in total. The van der Waals surface area contributed by atoms with Gasteiger partial charge in [0.2, 0.25) is 5.91 Å². The highest BCUT2D eigenvalue weighted by Crippen LogP contribution is 2.21. The van der Waals surface area contributed by atoms with E-state index in [-0.39, 0.29) is 5.91 Å². The second-order valence-corrected chi connectivity index (χ2v) is 6.03. The van der Waals surface area contributed by atoms with E-state index in [1.807, 2.05) is 30.3 Å². The molecule has 2 heterocycles. The van der Waals surface area contributed by atoms with E-state index < -0.39 is 0 Å². The summed E-state index contributed by atoms with van der Waals surface area (Å²) in [4.78, 5) is 16.9.